The Hall–Kier alpha value is -1.70. The van der Waals surface area contributed by atoms with Gasteiger partial charge in [0, 0.05) is 16.6 Å². The van der Waals surface area contributed by atoms with Gasteiger partial charge in [-0.2, -0.15) is 0 Å². The van der Waals surface area contributed by atoms with E-state index in [1.165, 1.54) is 25.6 Å². The first-order valence-electron chi connectivity index (χ1n) is 7.13. The van der Waals surface area contributed by atoms with Crippen LogP contribution in [0, 0.1) is 0 Å². The SMILES string of the molecule is COc1ccc(Cl)cc1S(=O)(=O)NCc1cc(C2CC2)ncn1. The third-order valence-corrected chi connectivity index (χ3v) is 5.26. The highest BCUT2D eigenvalue weighted by Gasteiger charge is 2.25. The molecule has 1 aromatic carbocycles. The van der Waals surface area contributed by atoms with Crippen molar-refractivity contribution in [2.24, 2.45) is 0 Å². The summed E-state index contributed by atoms with van der Waals surface area (Å²) in [4.78, 5) is 8.33. The molecular formula is C15H16ClN3O3S. The number of ether oxygens (including phenoxy) is 1. The van der Waals surface area contributed by atoms with E-state index in [0.717, 1.165) is 18.5 Å². The van der Waals surface area contributed by atoms with E-state index in [0.29, 0.717) is 16.6 Å². The predicted molar refractivity (Wildman–Crippen MR) is 86.0 cm³/mol. The third kappa shape index (κ3) is 3.80. The molecule has 2 aromatic rings. The van der Waals surface area contributed by atoms with Crippen molar-refractivity contribution in [1.29, 1.82) is 0 Å². The number of nitrogens with one attached hydrogen (secondary N) is 1. The maximum absolute atomic E-state index is 12.5. The van der Waals surface area contributed by atoms with Gasteiger partial charge in [0.05, 0.1) is 19.3 Å². The zero-order valence-corrected chi connectivity index (χ0v) is 14.1. The topological polar surface area (TPSA) is 81.2 Å². The molecular weight excluding hydrogens is 338 g/mol. The summed E-state index contributed by atoms with van der Waals surface area (Å²) in [6.45, 7) is 0.0836. The average molecular weight is 354 g/mol. The van der Waals surface area contributed by atoms with E-state index in [1.54, 1.807) is 6.07 Å². The lowest BCUT2D eigenvalue weighted by Crippen LogP contribution is -2.24. The molecule has 122 valence electrons. The van der Waals surface area contributed by atoms with Crippen molar-refractivity contribution in [2.45, 2.75) is 30.2 Å². The van der Waals surface area contributed by atoms with Gasteiger partial charge in [-0.15, -0.1) is 0 Å². The predicted octanol–water partition coefficient (Wildman–Crippen LogP) is 2.49. The molecule has 23 heavy (non-hydrogen) atoms. The zero-order chi connectivity index (χ0) is 16.4. The molecule has 1 saturated carbocycles. The molecule has 1 N–H and O–H groups in total. The van der Waals surface area contributed by atoms with Crippen molar-refractivity contribution in [2.75, 3.05) is 7.11 Å². The molecule has 0 unspecified atom stereocenters. The first kappa shape index (κ1) is 16.2. The van der Waals surface area contributed by atoms with E-state index in [4.69, 9.17) is 16.3 Å². The molecule has 1 fully saturated rings. The Morgan fingerprint density at radius 1 is 1.30 bits per heavy atom. The number of halogens is 1. The van der Waals surface area contributed by atoms with Crippen molar-refractivity contribution < 1.29 is 13.2 Å². The summed E-state index contributed by atoms with van der Waals surface area (Å²) in [6, 6.07) is 6.30. The van der Waals surface area contributed by atoms with Crippen LogP contribution < -0.4 is 9.46 Å². The van der Waals surface area contributed by atoms with Crippen LogP contribution >= 0.6 is 11.6 Å². The highest BCUT2D eigenvalue weighted by Crippen LogP contribution is 2.38. The first-order chi connectivity index (χ1) is 11.0. The second-order valence-electron chi connectivity index (χ2n) is 5.33. The first-order valence-corrected chi connectivity index (χ1v) is 9.00. The molecule has 3 rings (SSSR count). The number of methoxy groups -OCH3 is 1. The molecule has 0 amide bonds. The van der Waals surface area contributed by atoms with Crippen LogP contribution in [0.1, 0.15) is 30.1 Å². The number of benzene rings is 1. The highest BCUT2D eigenvalue weighted by molar-refractivity contribution is 7.89. The Morgan fingerprint density at radius 2 is 2.09 bits per heavy atom. The van der Waals surface area contributed by atoms with Crippen molar-refractivity contribution in [3.63, 3.8) is 0 Å². The Bertz CT molecular complexity index is 822. The number of hydrogen-bond acceptors (Lipinski definition) is 5. The average Bonchev–Trinajstić information content (AvgIpc) is 3.38. The number of hydrogen-bond donors (Lipinski definition) is 1. The largest absolute Gasteiger partial charge is 0.495 e. The summed E-state index contributed by atoms with van der Waals surface area (Å²) in [5.41, 5.74) is 1.60. The molecule has 0 radical (unpaired) electrons. The fourth-order valence-electron chi connectivity index (χ4n) is 2.22. The molecule has 0 saturated heterocycles. The van der Waals surface area contributed by atoms with Crippen LogP contribution in [-0.4, -0.2) is 25.5 Å². The lowest BCUT2D eigenvalue weighted by Gasteiger charge is -2.11. The molecule has 1 aliphatic carbocycles. The smallest absolute Gasteiger partial charge is 0.244 e. The molecule has 0 bridgehead atoms. The summed E-state index contributed by atoms with van der Waals surface area (Å²) < 4.78 is 32.6. The van der Waals surface area contributed by atoms with Gasteiger partial charge in [0.2, 0.25) is 10.0 Å². The second kappa shape index (κ2) is 6.43. The van der Waals surface area contributed by atoms with E-state index in [9.17, 15) is 8.42 Å². The van der Waals surface area contributed by atoms with Gasteiger partial charge in [-0.05, 0) is 37.1 Å². The quantitative estimate of drug-likeness (QED) is 0.862. The van der Waals surface area contributed by atoms with E-state index in [2.05, 4.69) is 14.7 Å². The van der Waals surface area contributed by atoms with Gasteiger partial charge >= 0.3 is 0 Å². The van der Waals surface area contributed by atoms with E-state index < -0.39 is 10.0 Å². The fraction of sp³-hybridized carbons (Fsp3) is 0.333. The van der Waals surface area contributed by atoms with Crippen molar-refractivity contribution in [3.05, 3.63) is 47.0 Å². The van der Waals surface area contributed by atoms with Crippen molar-refractivity contribution >= 4 is 21.6 Å². The minimum Gasteiger partial charge on any atom is -0.495 e. The maximum atomic E-state index is 12.5. The summed E-state index contributed by atoms with van der Waals surface area (Å²) in [5.74, 6) is 0.727. The minimum atomic E-state index is -3.76. The van der Waals surface area contributed by atoms with E-state index in [-0.39, 0.29) is 17.2 Å². The zero-order valence-electron chi connectivity index (χ0n) is 12.5. The second-order valence-corrected chi connectivity index (χ2v) is 7.50. The minimum absolute atomic E-state index is 0.00368. The third-order valence-electron chi connectivity index (χ3n) is 3.60. The van der Waals surface area contributed by atoms with E-state index >= 15 is 0 Å². The Balaban J connectivity index is 1.79. The van der Waals surface area contributed by atoms with E-state index in [1.807, 2.05) is 6.07 Å². The summed E-state index contributed by atoms with van der Waals surface area (Å²) in [6.07, 6.45) is 3.72. The van der Waals surface area contributed by atoms with Crippen molar-refractivity contribution in [3.8, 4) is 5.75 Å². The Labute approximate surface area is 139 Å². The maximum Gasteiger partial charge on any atom is 0.244 e. The normalized spacial score (nSPS) is 14.7. The summed E-state index contributed by atoms with van der Waals surface area (Å²) in [7, 11) is -2.35. The molecule has 0 aliphatic heterocycles. The van der Waals surface area contributed by atoms with Crippen LogP contribution in [0.3, 0.4) is 0 Å². The molecule has 1 aliphatic rings. The van der Waals surface area contributed by atoms with Crippen LogP contribution in [0.5, 0.6) is 5.75 Å². The van der Waals surface area contributed by atoms with Gasteiger partial charge in [-0.25, -0.2) is 23.1 Å². The van der Waals surface area contributed by atoms with Gasteiger partial charge in [0.1, 0.15) is 17.0 Å². The van der Waals surface area contributed by atoms with Crippen molar-refractivity contribution in [1.82, 2.24) is 14.7 Å². The standard InChI is InChI=1S/C15H16ClN3O3S/c1-22-14-5-4-11(16)6-15(14)23(20,21)19-8-12-7-13(10-2-3-10)18-9-17-12/h4-7,9-10,19H,2-3,8H2,1H3. The van der Waals surface area contributed by atoms with Gasteiger partial charge < -0.3 is 4.74 Å². The molecule has 0 spiro atoms. The number of aromatic nitrogens is 2. The fourth-order valence-corrected chi connectivity index (χ4v) is 3.65. The number of nitrogens with zero attached hydrogens (tertiary/aromatic N) is 2. The lowest BCUT2D eigenvalue weighted by atomic mass is 10.2. The number of rotatable bonds is 6. The molecule has 1 heterocycles. The van der Waals surface area contributed by atoms with Gasteiger partial charge in [-0.1, -0.05) is 11.6 Å². The van der Waals surface area contributed by atoms with Crippen LogP contribution in [0.15, 0.2) is 35.5 Å². The molecule has 8 heteroatoms. The molecule has 6 nitrogen and oxygen atoms in total. The number of sulfonamides is 1. The van der Waals surface area contributed by atoms with Gasteiger partial charge in [-0.3, -0.25) is 0 Å². The molecule has 1 aromatic heterocycles. The van der Waals surface area contributed by atoms with Crippen LogP contribution in [0.25, 0.3) is 0 Å². The van der Waals surface area contributed by atoms with Crippen LogP contribution in [-0.2, 0) is 16.6 Å². The Kier molecular flexibility index (Phi) is 4.52. The summed E-state index contributed by atoms with van der Waals surface area (Å²) >= 11 is 5.89. The monoisotopic (exact) mass is 353 g/mol. The van der Waals surface area contributed by atoms with Gasteiger partial charge in [0.15, 0.2) is 0 Å². The summed E-state index contributed by atoms with van der Waals surface area (Å²) in [5, 5.41) is 0.323. The highest BCUT2D eigenvalue weighted by atomic mass is 35.5. The lowest BCUT2D eigenvalue weighted by molar-refractivity contribution is 0.402. The Morgan fingerprint density at radius 3 is 2.78 bits per heavy atom. The van der Waals surface area contributed by atoms with Gasteiger partial charge in [0.25, 0.3) is 0 Å². The van der Waals surface area contributed by atoms with Crippen LogP contribution in [0.4, 0.5) is 0 Å². The molecule has 0 atom stereocenters. The van der Waals surface area contributed by atoms with Crippen LogP contribution in [0.2, 0.25) is 5.02 Å².